The molecule has 0 aliphatic carbocycles. The first-order valence-electron chi connectivity index (χ1n) is 6.71. The molecule has 0 bridgehead atoms. The van der Waals surface area contributed by atoms with Crippen LogP contribution in [0.1, 0.15) is 32.5 Å². The molecule has 0 saturated carbocycles. The number of carbonyl (C=O) groups is 2. The molecule has 116 valence electrons. The van der Waals surface area contributed by atoms with Crippen LogP contribution in [0.4, 0.5) is 4.79 Å². The molecule has 1 unspecified atom stereocenters. The summed E-state index contributed by atoms with van der Waals surface area (Å²) < 4.78 is 12.2. The first kappa shape index (κ1) is 15.7. The van der Waals surface area contributed by atoms with E-state index in [1.54, 1.807) is 26.8 Å². The summed E-state index contributed by atoms with van der Waals surface area (Å²) in [6.45, 7) is 6.32. The van der Waals surface area contributed by atoms with Crippen LogP contribution < -0.4 is 0 Å². The van der Waals surface area contributed by atoms with E-state index in [1.807, 2.05) is 16.8 Å². The van der Waals surface area contributed by atoms with Crippen molar-refractivity contribution in [1.82, 2.24) is 9.47 Å². The van der Waals surface area contributed by atoms with Gasteiger partial charge >= 0.3 is 12.1 Å². The highest BCUT2D eigenvalue weighted by Gasteiger charge is 2.39. The Morgan fingerprint density at radius 3 is 2.71 bits per heavy atom. The fourth-order valence-corrected chi connectivity index (χ4v) is 2.39. The van der Waals surface area contributed by atoms with Crippen molar-refractivity contribution in [3.05, 3.63) is 24.0 Å². The lowest BCUT2D eigenvalue weighted by molar-refractivity contribution is -0.149. The van der Waals surface area contributed by atoms with E-state index in [1.165, 1.54) is 4.90 Å². The Hall–Kier alpha value is -1.69. The van der Waals surface area contributed by atoms with E-state index >= 15 is 0 Å². The van der Waals surface area contributed by atoms with E-state index in [0.29, 0.717) is 18.8 Å². The molecule has 1 atom stereocenters. The summed E-state index contributed by atoms with van der Waals surface area (Å²) in [7, 11) is 0. The second kappa shape index (κ2) is 5.97. The van der Waals surface area contributed by atoms with Crippen molar-refractivity contribution in [3.63, 3.8) is 0 Å². The average molecular weight is 315 g/mol. The minimum atomic E-state index is -0.831. The van der Waals surface area contributed by atoms with Gasteiger partial charge in [-0.15, -0.1) is 0 Å². The maximum Gasteiger partial charge on any atom is 0.411 e. The molecule has 1 amide bonds. The van der Waals surface area contributed by atoms with Crippen LogP contribution in [0.25, 0.3) is 0 Å². The molecule has 1 aromatic heterocycles. The SMILES string of the molecule is CC(C)(C)OC(=O)N1CCn2cccc2C1C(=O)OCCl. The Bertz CT molecular complexity index is 535. The fraction of sp³-hybridized carbons (Fsp3) is 0.571. The number of halogens is 1. The Balaban J connectivity index is 2.28. The Morgan fingerprint density at radius 2 is 2.10 bits per heavy atom. The van der Waals surface area contributed by atoms with E-state index in [-0.39, 0.29) is 6.07 Å². The van der Waals surface area contributed by atoms with Gasteiger partial charge in [0.25, 0.3) is 0 Å². The molecule has 2 heterocycles. The summed E-state index contributed by atoms with van der Waals surface area (Å²) in [6.07, 6.45) is 1.33. The number of ether oxygens (including phenoxy) is 2. The lowest BCUT2D eigenvalue weighted by atomic mass is 10.1. The fourth-order valence-electron chi connectivity index (χ4n) is 2.28. The highest BCUT2D eigenvalue weighted by molar-refractivity contribution is 6.17. The average Bonchev–Trinajstić information content (AvgIpc) is 2.83. The van der Waals surface area contributed by atoms with Crippen molar-refractivity contribution in [2.24, 2.45) is 0 Å². The van der Waals surface area contributed by atoms with Crippen molar-refractivity contribution in [2.45, 2.75) is 39.0 Å². The van der Waals surface area contributed by atoms with Crippen LogP contribution in [0, 0.1) is 0 Å². The molecule has 1 aliphatic rings. The molecular weight excluding hydrogens is 296 g/mol. The number of rotatable bonds is 2. The number of hydrogen-bond donors (Lipinski definition) is 0. The van der Waals surface area contributed by atoms with Crippen molar-refractivity contribution in [1.29, 1.82) is 0 Å². The van der Waals surface area contributed by atoms with Crippen molar-refractivity contribution in [3.8, 4) is 0 Å². The van der Waals surface area contributed by atoms with Gasteiger partial charge in [-0.3, -0.25) is 4.90 Å². The molecule has 0 aromatic carbocycles. The standard InChI is InChI=1S/C14H19ClN2O4/c1-14(2,3)21-13(19)17-8-7-16-6-4-5-10(16)11(17)12(18)20-9-15/h4-6,11H,7-9H2,1-3H3. The lowest BCUT2D eigenvalue weighted by Crippen LogP contribution is -2.47. The number of alkyl halides is 1. The van der Waals surface area contributed by atoms with E-state index in [4.69, 9.17) is 21.1 Å². The Morgan fingerprint density at radius 1 is 1.38 bits per heavy atom. The normalized spacial score (nSPS) is 18.1. The second-order valence-electron chi connectivity index (χ2n) is 5.78. The molecule has 0 fully saturated rings. The van der Waals surface area contributed by atoms with Crippen LogP contribution in [-0.2, 0) is 20.8 Å². The molecule has 0 spiro atoms. The molecule has 0 saturated heterocycles. The maximum absolute atomic E-state index is 12.3. The van der Waals surface area contributed by atoms with Gasteiger partial charge in [-0.1, -0.05) is 11.6 Å². The minimum absolute atomic E-state index is 0.252. The van der Waals surface area contributed by atoms with Gasteiger partial charge in [-0.2, -0.15) is 0 Å². The number of nitrogens with zero attached hydrogens (tertiary/aromatic N) is 2. The predicted molar refractivity (Wildman–Crippen MR) is 76.9 cm³/mol. The van der Waals surface area contributed by atoms with Gasteiger partial charge in [0.15, 0.2) is 12.1 Å². The van der Waals surface area contributed by atoms with Crippen LogP contribution in [-0.4, -0.2) is 39.7 Å². The third-order valence-electron chi connectivity index (χ3n) is 3.09. The Labute approximate surface area is 128 Å². The molecule has 6 nitrogen and oxygen atoms in total. The van der Waals surface area contributed by atoms with Gasteiger partial charge in [-0.05, 0) is 32.9 Å². The van der Waals surface area contributed by atoms with Crippen LogP contribution in [0.2, 0.25) is 0 Å². The van der Waals surface area contributed by atoms with Crippen LogP contribution in [0.15, 0.2) is 18.3 Å². The monoisotopic (exact) mass is 314 g/mol. The molecule has 21 heavy (non-hydrogen) atoms. The molecule has 0 N–H and O–H groups in total. The number of aromatic nitrogens is 1. The molecule has 0 radical (unpaired) electrons. The topological polar surface area (TPSA) is 60.8 Å². The zero-order valence-corrected chi connectivity index (χ0v) is 13.1. The molecule has 2 rings (SSSR count). The number of hydrogen-bond acceptors (Lipinski definition) is 4. The summed E-state index contributed by atoms with van der Waals surface area (Å²) in [5, 5.41) is 0. The largest absolute Gasteiger partial charge is 0.448 e. The molecule has 1 aromatic rings. The maximum atomic E-state index is 12.3. The van der Waals surface area contributed by atoms with Gasteiger partial charge in [0.05, 0.1) is 5.69 Å². The number of carbonyl (C=O) groups excluding carboxylic acids is 2. The lowest BCUT2D eigenvalue weighted by Gasteiger charge is -2.36. The van der Waals surface area contributed by atoms with E-state index in [0.717, 1.165) is 0 Å². The summed E-state index contributed by atoms with van der Waals surface area (Å²) >= 11 is 5.47. The first-order valence-corrected chi connectivity index (χ1v) is 7.24. The van der Waals surface area contributed by atoms with Crippen LogP contribution in [0.3, 0.4) is 0 Å². The minimum Gasteiger partial charge on any atom is -0.448 e. The summed E-state index contributed by atoms with van der Waals surface area (Å²) in [4.78, 5) is 25.9. The number of amides is 1. The van der Waals surface area contributed by atoms with E-state index < -0.39 is 23.7 Å². The third kappa shape index (κ3) is 3.50. The third-order valence-corrected chi connectivity index (χ3v) is 3.20. The van der Waals surface area contributed by atoms with Crippen LogP contribution in [0.5, 0.6) is 0 Å². The predicted octanol–water partition coefficient (Wildman–Crippen LogP) is 2.52. The van der Waals surface area contributed by atoms with Gasteiger partial charge in [-0.25, -0.2) is 9.59 Å². The summed E-state index contributed by atoms with van der Waals surface area (Å²) in [5.74, 6) is -0.560. The summed E-state index contributed by atoms with van der Waals surface area (Å²) in [6, 6.07) is 2.53. The highest BCUT2D eigenvalue weighted by Crippen LogP contribution is 2.29. The smallest absolute Gasteiger partial charge is 0.411 e. The zero-order chi connectivity index (χ0) is 15.6. The molecule has 7 heteroatoms. The number of fused-ring (bicyclic) bond motifs is 1. The molecule has 1 aliphatic heterocycles. The number of esters is 1. The van der Waals surface area contributed by atoms with Gasteiger partial charge < -0.3 is 14.0 Å². The zero-order valence-electron chi connectivity index (χ0n) is 12.3. The van der Waals surface area contributed by atoms with Crippen molar-refractivity contribution >= 4 is 23.7 Å². The van der Waals surface area contributed by atoms with Gasteiger partial charge in [0.1, 0.15) is 5.60 Å². The molecular formula is C14H19ClN2O4. The second-order valence-corrected chi connectivity index (χ2v) is 5.99. The highest BCUT2D eigenvalue weighted by atomic mass is 35.5. The van der Waals surface area contributed by atoms with Gasteiger partial charge in [0.2, 0.25) is 0 Å². The van der Waals surface area contributed by atoms with E-state index in [2.05, 4.69) is 0 Å². The first-order chi connectivity index (χ1) is 9.83. The Kier molecular flexibility index (Phi) is 4.46. The van der Waals surface area contributed by atoms with Gasteiger partial charge in [0, 0.05) is 19.3 Å². The quantitative estimate of drug-likeness (QED) is 0.621. The van der Waals surface area contributed by atoms with Crippen molar-refractivity contribution in [2.75, 3.05) is 12.6 Å². The summed E-state index contributed by atoms with van der Waals surface area (Å²) in [5.41, 5.74) is 0.0690. The van der Waals surface area contributed by atoms with E-state index in [9.17, 15) is 9.59 Å². The van der Waals surface area contributed by atoms with Crippen molar-refractivity contribution < 1.29 is 19.1 Å². The van der Waals surface area contributed by atoms with Crippen LogP contribution >= 0.6 is 11.6 Å².